The number of rotatable bonds is 2. The van der Waals surface area contributed by atoms with Crippen LogP contribution >= 0.6 is 34.2 Å². The average molecular weight is 322 g/mol. The number of aliphatic carboxylic acids is 1. The average Bonchev–Trinajstić information content (AvgIpc) is 2.11. The summed E-state index contributed by atoms with van der Waals surface area (Å²) in [5, 5.41) is 17.7. The van der Waals surface area contributed by atoms with Gasteiger partial charge in [0, 0.05) is 3.57 Å². The van der Waals surface area contributed by atoms with Crippen molar-refractivity contribution in [3.63, 3.8) is 0 Å². The molecule has 0 atom stereocenters. The Morgan fingerprint density at radius 2 is 2.29 bits per heavy atom. The fourth-order valence-electron chi connectivity index (χ4n) is 1.02. The monoisotopic (exact) mass is 321 g/mol. The summed E-state index contributed by atoms with van der Waals surface area (Å²) in [6.07, 6.45) is -0.181. The molecule has 0 heterocycles. The predicted molar refractivity (Wildman–Crippen MR) is 60.2 cm³/mol. The van der Waals surface area contributed by atoms with Gasteiger partial charge < -0.3 is 5.11 Å². The fraction of sp³-hybridized carbons (Fsp3) is 0.111. The molecule has 0 bridgehead atoms. The zero-order chi connectivity index (χ0) is 10.7. The van der Waals surface area contributed by atoms with E-state index in [1.54, 1.807) is 12.1 Å². The normalized spacial score (nSPS) is 9.50. The van der Waals surface area contributed by atoms with Crippen molar-refractivity contribution in [3.05, 3.63) is 31.9 Å². The molecule has 3 nitrogen and oxygen atoms in total. The molecule has 5 heteroatoms. The minimum atomic E-state index is -0.973. The number of nitrogens with zero attached hydrogens (tertiary/aromatic N) is 1. The van der Waals surface area contributed by atoms with Crippen molar-refractivity contribution in [2.75, 3.05) is 0 Å². The Morgan fingerprint density at radius 3 is 2.79 bits per heavy atom. The van der Waals surface area contributed by atoms with Gasteiger partial charge >= 0.3 is 5.97 Å². The zero-order valence-electron chi connectivity index (χ0n) is 6.92. The number of carbonyl (C=O) groups is 1. The van der Waals surface area contributed by atoms with Crippen LogP contribution in [0.2, 0.25) is 5.02 Å². The largest absolute Gasteiger partial charge is 0.481 e. The molecule has 0 amide bonds. The molecule has 72 valence electrons. The van der Waals surface area contributed by atoms with E-state index >= 15 is 0 Å². The van der Waals surface area contributed by atoms with Crippen molar-refractivity contribution in [1.29, 1.82) is 5.26 Å². The first-order valence-electron chi connectivity index (χ1n) is 3.65. The molecule has 0 aliphatic rings. The van der Waals surface area contributed by atoms with Crippen LogP contribution in [0.1, 0.15) is 11.1 Å². The number of halogens is 2. The highest BCUT2D eigenvalue weighted by molar-refractivity contribution is 14.1. The van der Waals surface area contributed by atoms with Crippen LogP contribution in [-0.2, 0) is 11.2 Å². The van der Waals surface area contributed by atoms with Crippen LogP contribution in [0, 0.1) is 14.9 Å². The number of carboxylic acids is 1. The van der Waals surface area contributed by atoms with Gasteiger partial charge in [-0.05, 0) is 34.2 Å². The second kappa shape index (κ2) is 4.62. The van der Waals surface area contributed by atoms with Crippen LogP contribution in [0.4, 0.5) is 0 Å². The van der Waals surface area contributed by atoms with E-state index in [-0.39, 0.29) is 12.0 Å². The van der Waals surface area contributed by atoms with E-state index in [1.165, 1.54) is 0 Å². The molecule has 1 N–H and O–H groups in total. The summed E-state index contributed by atoms with van der Waals surface area (Å²) in [4.78, 5) is 10.5. The van der Waals surface area contributed by atoms with Gasteiger partial charge in [0.25, 0.3) is 0 Å². The molecule has 1 aromatic carbocycles. The summed E-state index contributed by atoms with van der Waals surface area (Å²) in [6, 6.07) is 5.22. The standard InChI is InChI=1S/C9H5ClINO2/c10-9-6(4-12)5(3-8(13)14)1-2-7(9)11/h1-2H,3H2,(H,13,14). The third kappa shape index (κ3) is 2.36. The van der Waals surface area contributed by atoms with Crippen molar-refractivity contribution in [3.8, 4) is 6.07 Å². The van der Waals surface area contributed by atoms with Gasteiger partial charge in [-0.25, -0.2) is 0 Å². The third-order valence-electron chi connectivity index (χ3n) is 1.63. The minimum absolute atomic E-state index is 0.181. The number of benzene rings is 1. The molecule has 0 saturated carbocycles. The maximum Gasteiger partial charge on any atom is 0.307 e. The van der Waals surface area contributed by atoms with E-state index in [1.807, 2.05) is 28.7 Å². The maximum absolute atomic E-state index is 10.5. The third-order valence-corrected chi connectivity index (χ3v) is 3.24. The van der Waals surface area contributed by atoms with Crippen molar-refractivity contribution < 1.29 is 9.90 Å². The molecular formula is C9H5ClINO2. The second-order valence-electron chi connectivity index (χ2n) is 2.58. The summed E-state index contributed by atoms with van der Waals surface area (Å²) < 4.78 is 0.745. The number of carboxylic acid groups (broad SMARTS) is 1. The lowest BCUT2D eigenvalue weighted by molar-refractivity contribution is -0.136. The van der Waals surface area contributed by atoms with Crippen LogP contribution in [0.15, 0.2) is 12.1 Å². The summed E-state index contributed by atoms with van der Waals surface area (Å²) >= 11 is 7.85. The highest BCUT2D eigenvalue weighted by Gasteiger charge is 2.12. The van der Waals surface area contributed by atoms with E-state index in [4.69, 9.17) is 22.0 Å². The lowest BCUT2D eigenvalue weighted by Crippen LogP contribution is -2.03. The quantitative estimate of drug-likeness (QED) is 0.851. The molecule has 0 saturated heterocycles. The molecule has 0 fully saturated rings. The highest BCUT2D eigenvalue weighted by atomic mass is 127. The molecule has 14 heavy (non-hydrogen) atoms. The molecule has 0 unspecified atom stereocenters. The second-order valence-corrected chi connectivity index (χ2v) is 4.12. The molecule has 0 aliphatic heterocycles. The van der Waals surface area contributed by atoms with Gasteiger partial charge in [-0.2, -0.15) is 5.26 Å². The maximum atomic E-state index is 10.5. The van der Waals surface area contributed by atoms with Gasteiger partial charge in [0.1, 0.15) is 6.07 Å². The van der Waals surface area contributed by atoms with E-state index in [9.17, 15) is 4.79 Å². The van der Waals surface area contributed by atoms with Crippen LogP contribution in [0.3, 0.4) is 0 Å². The van der Waals surface area contributed by atoms with E-state index in [0.29, 0.717) is 10.6 Å². The van der Waals surface area contributed by atoms with Crippen LogP contribution in [0.25, 0.3) is 0 Å². The van der Waals surface area contributed by atoms with Crippen LogP contribution < -0.4 is 0 Å². The number of hydrogen-bond donors (Lipinski definition) is 1. The topological polar surface area (TPSA) is 61.1 Å². The van der Waals surface area contributed by atoms with E-state index < -0.39 is 5.97 Å². The molecule has 0 aromatic heterocycles. The number of nitriles is 1. The van der Waals surface area contributed by atoms with Gasteiger partial charge in [-0.15, -0.1) is 0 Å². The Labute approximate surface area is 99.4 Å². The van der Waals surface area contributed by atoms with Gasteiger partial charge in [-0.3, -0.25) is 4.79 Å². The van der Waals surface area contributed by atoms with Crippen LogP contribution in [-0.4, -0.2) is 11.1 Å². The van der Waals surface area contributed by atoms with Gasteiger partial charge in [0.05, 0.1) is 17.0 Å². The molecule has 0 aliphatic carbocycles. The zero-order valence-corrected chi connectivity index (χ0v) is 9.83. The predicted octanol–water partition coefficient (Wildman–Crippen LogP) is 2.44. The van der Waals surface area contributed by atoms with Crippen molar-refractivity contribution in [2.45, 2.75) is 6.42 Å². The Morgan fingerprint density at radius 1 is 1.64 bits per heavy atom. The Hall–Kier alpha value is -0.800. The summed E-state index contributed by atoms with van der Waals surface area (Å²) in [6.45, 7) is 0. The lowest BCUT2D eigenvalue weighted by atomic mass is 10.1. The SMILES string of the molecule is N#Cc1c(CC(=O)O)ccc(I)c1Cl. The fourth-order valence-corrected chi connectivity index (χ4v) is 1.70. The van der Waals surface area contributed by atoms with Gasteiger partial charge in [0.15, 0.2) is 0 Å². The first-order chi connectivity index (χ1) is 6.56. The first-order valence-corrected chi connectivity index (χ1v) is 5.10. The van der Waals surface area contributed by atoms with E-state index in [2.05, 4.69) is 0 Å². The summed E-state index contributed by atoms with van der Waals surface area (Å²) in [7, 11) is 0. The minimum Gasteiger partial charge on any atom is -0.481 e. The van der Waals surface area contributed by atoms with Crippen molar-refractivity contribution in [1.82, 2.24) is 0 Å². The van der Waals surface area contributed by atoms with Gasteiger partial charge in [0.2, 0.25) is 0 Å². The summed E-state index contributed by atoms with van der Waals surface area (Å²) in [5.74, 6) is -0.973. The van der Waals surface area contributed by atoms with Crippen molar-refractivity contribution >= 4 is 40.2 Å². The summed E-state index contributed by atoms with van der Waals surface area (Å²) in [5.41, 5.74) is 0.700. The Balaban J connectivity index is 3.26. The highest BCUT2D eigenvalue weighted by Crippen LogP contribution is 2.25. The molecule has 1 aromatic rings. The number of hydrogen-bond acceptors (Lipinski definition) is 2. The molecular weight excluding hydrogens is 316 g/mol. The Kier molecular flexibility index (Phi) is 3.72. The Bertz CT molecular complexity index is 426. The first kappa shape index (κ1) is 11.3. The van der Waals surface area contributed by atoms with Crippen molar-refractivity contribution in [2.24, 2.45) is 0 Å². The lowest BCUT2D eigenvalue weighted by Gasteiger charge is -2.04. The smallest absolute Gasteiger partial charge is 0.307 e. The van der Waals surface area contributed by atoms with E-state index in [0.717, 1.165) is 3.57 Å². The molecule has 1 rings (SSSR count). The molecule has 0 radical (unpaired) electrons. The van der Waals surface area contributed by atoms with Gasteiger partial charge in [-0.1, -0.05) is 17.7 Å². The molecule has 0 spiro atoms. The van der Waals surface area contributed by atoms with Crippen LogP contribution in [0.5, 0.6) is 0 Å².